The summed E-state index contributed by atoms with van der Waals surface area (Å²) in [4.78, 5) is 0. The molecular formula is C9H20ClNO2S. The van der Waals surface area contributed by atoms with Crippen LogP contribution >= 0.6 is 11.6 Å². The lowest BCUT2D eigenvalue weighted by Crippen LogP contribution is -2.37. The molecule has 0 aromatic carbocycles. The summed E-state index contributed by atoms with van der Waals surface area (Å²) in [6, 6.07) is 0.0579. The predicted octanol–water partition coefficient (Wildman–Crippen LogP) is 1.97. The zero-order chi connectivity index (χ0) is 11.2. The van der Waals surface area contributed by atoms with Crippen molar-refractivity contribution in [2.24, 2.45) is 5.92 Å². The SMILES string of the molecule is CCC(CC)NS(=O)(=O)CC(C)CCl. The van der Waals surface area contributed by atoms with Gasteiger partial charge in [-0.05, 0) is 18.8 Å². The van der Waals surface area contributed by atoms with Gasteiger partial charge in [0.1, 0.15) is 0 Å². The van der Waals surface area contributed by atoms with Crippen molar-refractivity contribution >= 4 is 21.6 Å². The van der Waals surface area contributed by atoms with Crippen LogP contribution in [0.15, 0.2) is 0 Å². The molecule has 86 valence electrons. The van der Waals surface area contributed by atoms with Crippen LogP contribution in [0.3, 0.4) is 0 Å². The van der Waals surface area contributed by atoms with Crippen molar-refractivity contribution in [1.29, 1.82) is 0 Å². The normalized spacial score (nSPS) is 14.6. The van der Waals surface area contributed by atoms with Gasteiger partial charge in [-0.2, -0.15) is 0 Å². The van der Waals surface area contributed by atoms with E-state index in [-0.39, 0.29) is 17.7 Å². The molecule has 0 aliphatic heterocycles. The first-order chi connectivity index (χ1) is 6.45. The maximum absolute atomic E-state index is 11.6. The highest BCUT2D eigenvalue weighted by Crippen LogP contribution is 2.05. The van der Waals surface area contributed by atoms with Gasteiger partial charge < -0.3 is 0 Å². The summed E-state index contributed by atoms with van der Waals surface area (Å²) in [5.41, 5.74) is 0. The molecule has 3 nitrogen and oxygen atoms in total. The van der Waals surface area contributed by atoms with Crippen molar-refractivity contribution in [2.45, 2.75) is 39.7 Å². The van der Waals surface area contributed by atoms with Gasteiger partial charge in [0.05, 0.1) is 5.75 Å². The van der Waals surface area contributed by atoms with Crippen molar-refractivity contribution < 1.29 is 8.42 Å². The number of nitrogens with one attached hydrogen (secondary N) is 1. The van der Waals surface area contributed by atoms with Crippen LogP contribution in [0, 0.1) is 5.92 Å². The number of hydrogen-bond donors (Lipinski definition) is 1. The molecule has 0 saturated heterocycles. The minimum atomic E-state index is -3.15. The van der Waals surface area contributed by atoms with Gasteiger partial charge in [0.25, 0.3) is 0 Å². The average Bonchev–Trinajstić information content (AvgIpc) is 2.13. The molecule has 1 unspecified atom stereocenters. The molecule has 0 bridgehead atoms. The quantitative estimate of drug-likeness (QED) is 0.693. The molecule has 0 spiro atoms. The Morgan fingerprint density at radius 3 is 2.14 bits per heavy atom. The number of hydrogen-bond acceptors (Lipinski definition) is 2. The third-order valence-electron chi connectivity index (χ3n) is 2.10. The minimum Gasteiger partial charge on any atom is -0.212 e. The summed E-state index contributed by atoms with van der Waals surface area (Å²) in [5.74, 6) is 0.500. The molecule has 0 amide bonds. The van der Waals surface area contributed by atoms with Gasteiger partial charge in [0.15, 0.2) is 0 Å². The molecule has 0 aliphatic rings. The largest absolute Gasteiger partial charge is 0.212 e. The first-order valence-corrected chi connectivity index (χ1v) is 7.19. The fraction of sp³-hybridized carbons (Fsp3) is 1.00. The van der Waals surface area contributed by atoms with Crippen LogP contribution in [0.5, 0.6) is 0 Å². The van der Waals surface area contributed by atoms with Gasteiger partial charge in [-0.1, -0.05) is 20.8 Å². The highest BCUT2D eigenvalue weighted by molar-refractivity contribution is 7.89. The molecule has 0 aliphatic carbocycles. The second-order valence-electron chi connectivity index (χ2n) is 3.67. The summed E-state index contributed by atoms with van der Waals surface area (Å²) < 4.78 is 25.8. The molecule has 0 heterocycles. The van der Waals surface area contributed by atoms with E-state index in [1.54, 1.807) is 0 Å². The van der Waals surface area contributed by atoms with Gasteiger partial charge in [0, 0.05) is 11.9 Å². The van der Waals surface area contributed by atoms with E-state index in [1.165, 1.54) is 0 Å². The molecule has 0 saturated carbocycles. The van der Waals surface area contributed by atoms with Crippen LogP contribution in [-0.2, 0) is 10.0 Å². The Labute approximate surface area is 92.3 Å². The van der Waals surface area contributed by atoms with E-state index < -0.39 is 10.0 Å². The highest BCUT2D eigenvalue weighted by atomic mass is 35.5. The molecule has 0 rings (SSSR count). The lowest BCUT2D eigenvalue weighted by atomic mass is 10.2. The lowest BCUT2D eigenvalue weighted by molar-refractivity contribution is 0.523. The molecule has 1 atom stereocenters. The number of rotatable bonds is 7. The van der Waals surface area contributed by atoms with E-state index in [0.29, 0.717) is 5.88 Å². The van der Waals surface area contributed by atoms with Crippen LogP contribution in [0.25, 0.3) is 0 Å². The van der Waals surface area contributed by atoms with Gasteiger partial charge in [-0.15, -0.1) is 11.6 Å². The molecule has 14 heavy (non-hydrogen) atoms. The van der Waals surface area contributed by atoms with Crippen LogP contribution in [0.1, 0.15) is 33.6 Å². The van der Waals surface area contributed by atoms with E-state index in [1.807, 2.05) is 20.8 Å². The first kappa shape index (κ1) is 14.2. The van der Waals surface area contributed by atoms with E-state index in [0.717, 1.165) is 12.8 Å². The summed E-state index contributed by atoms with van der Waals surface area (Å²) in [7, 11) is -3.15. The Morgan fingerprint density at radius 1 is 1.29 bits per heavy atom. The van der Waals surface area contributed by atoms with E-state index in [4.69, 9.17) is 11.6 Å². The molecular weight excluding hydrogens is 222 g/mol. The Kier molecular flexibility index (Phi) is 6.74. The molecule has 1 N–H and O–H groups in total. The van der Waals surface area contributed by atoms with Gasteiger partial charge >= 0.3 is 0 Å². The third kappa shape index (κ3) is 5.83. The maximum atomic E-state index is 11.6. The van der Waals surface area contributed by atoms with Crippen LogP contribution in [-0.4, -0.2) is 26.1 Å². The Balaban J connectivity index is 4.19. The number of sulfonamides is 1. The Morgan fingerprint density at radius 2 is 1.79 bits per heavy atom. The number of alkyl halides is 1. The second kappa shape index (κ2) is 6.64. The standard InChI is InChI=1S/C9H20ClNO2S/c1-4-9(5-2)11-14(12,13)7-8(3)6-10/h8-9,11H,4-7H2,1-3H3. The Hall–Kier alpha value is 0.200. The van der Waals surface area contributed by atoms with Crippen LogP contribution < -0.4 is 4.72 Å². The van der Waals surface area contributed by atoms with Crippen LogP contribution in [0.4, 0.5) is 0 Å². The zero-order valence-electron chi connectivity index (χ0n) is 9.09. The topological polar surface area (TPSA) is 46.2 Å². The highest BCUT2D eigenvalue weighted by Gasteiger charge is 2.17. The fourth-order valence-electron chi connectivity index (χ4n) is 1.18. The summed E-state index contributed by atoms with van der Waals surface area (Å²) in [6.45, 7) is 5.78. The van der Waals surface area contributed by atoms with Crippen molar-refractivity contribution in [3.05, 3.63) is 0 Å². The van der Waals surface area contributed by atoms with Crippen LogP contribution in [0.2, 0.25) is 0 Å². The van der Waals surface area contributed by atoms with Gasteiger partial charge in [0.2, 0.25) is 10.0 Å². The third-order valence-corrected chi connectivity index (χ3v) is 4.33. The zero-order valence-corrected chi connectivity index (χ0v) is 10.7. The van der Waals surface area contributed by atoms with Gasteiger partial charge in [-0.3, -0.25) is 0 Å². The average molecular weight is 242 g/mol. The van der Waals surface area contributed by atoms with Crippen molar-refractivity contribution in [3.8, 4) is 0 Å². The molecule has 0 aromatic rings. The molecule has 5 heteroatoms. The second-order valence-corrected chi connectivity index (χ2v) is 5.78. The van der Waals surface area contributed by atoms with E-state index in [2.05, 4.69) is 4.72 Å². The Bertz CT molecular complexity index is 237. The fourth-order valence-corrected chi connectivity index (χ4v) is 3.22. The summed E-state index contributed by atoms with van der Waals surface area (Å²) >= 11 is 5.57. The monoisotopic (exact) mass is 241 g/mol. The molecule has 0 aromatic heterocycles. The smallest absolute Gasteiger partial charge is 0.212 e. The maximum Gasteiger partial charge on any atom is 0.212 e. The molecule has 0 fully saturated rings. The predicted molar refractivity (Wildman–Crippen MR) is 61.2 cm³/mol. The van der Waals surface area contributed by atoms with E-state index in [9.17, 15) is 8.42 Å². The molecule has 0 radical (unpaired) electrons. The van der Waals surface area contributed by atoms with Crippen molar-refractivity contribution in [2.75, 3.05) is 11.6 Å². The first-order valence-electron chi connectivity index (χ1n) is 5.01. The van der Waals surface area contributed by atoms with Gasteiger partial charge in [-0.25, -0.2) is 13.1 Å². The van der Waals surface area contributed by atoms with E-state index >= 15 is 0 Å². The van der Waals surface area contributed by atoms with Crippen molar-refractivity contribution in [3.63, 3.8) is 0 Å². The minimum absolute atomic E-state index is 0.00327. The number of halogens is 1. The lowest BCUT2D eigenvalue weighted by Gasteiger charge is -2.16. The summed E-state index contributed by atoms with van der Waals surface area (Å²) in [5, 5.41) is 0. The van der Waals surface area contributed by atoms with Crippen molar-refractivity contribution in [1.82, 2.24) is 4.72 Å². The summed E-state index contributed by atoms with van der Waals surface area (Å²) in [6.07, 6.45) is 1.65.